The summed E-state index contributed by atoms with van der Waals surface area (Å²) >= 11 is 1.55. The quantitative estimate of drug-likeness (QED) is 0.372. The fraction of sp³-hybridized carbons (Fsp3) is 0.182. The highest BCUT2D eigenvalue weighted by atomic mass is 32.2. The SMILES string of the molecule is COc1ccc(C(=O)Nc2ccc3c(c2)nc(CSc2nccc(C)n2)n3C)cc1. The number of aromatic nitrogens is 4. The number of carbonyl (C=O) groups is 1. The van der Waals surface area contributed by atoms with Crippen LogP contribution < -0.4 is 10.1 Å². The molecule has 1 amide bonds. The lowest BCUT2D eigenvalue weighted by molar-refractivity contribution is 0.102. The van der Waals surface area contributed by atoms with Crippen LogP contribution >= 0.6 is 11.8 Å². The number of anilines is 1. The number of thioether (sulfide) groups is 1. The normalized spacial score (nSPS) is 10.9. The van der Waals surface area contributed by atoms with E-state index in [1.165, 1.54) is 0 Å². The van der Waals surface area contributed by atoms with Crippen molar-refractivity contribution in [1.82, 2.24) is 19.5 Å². The topological polar surface area (TPSA) is 81.9 Å². The van der Waals surface area contributed by atoms with Gasteiger partial charge >= 0.3 is 0 Å². The number of nitrogens with one attached hydrogen (secondary N) is 1. The number of nitrogens with zero attached hydrogens (tertiary/aromatic N) is 4. The maximum absolute atomic E-state index is 12.5. The van der Waals surface area contributed by atoms with Gasteiger partial charge in [0.2, 0.25) is 0 Å². The van der Waals surface area contributed by atoms with Crippen molar-refractivity contribution in [1.29, 1.82) is 0 Å². The molecule has 4 rings (SSSR count). The molecule has 0 unspecified atom stereocenters. The molecule has 2 heterocycles. The van der Waals surface area contributed by atoms with Gasteiger partial charge in [-0.05, 0) is 55.5 Å². The second-order valence-electron chi connectivity index (χ2n) is 6.74. The number of methoxy groups -OCH3 is 1. The first-order chi connectivity index (χ1) is 14.5. The number of imidazole rings is 1. The Kier molecular flexibility index (Phi) is 5.67. The fourth-order valence-corrected chi connectivity index (χ4v) is 3.89. The third-order valence-corrected chi connectivity index (χ3v) is 5.54. The van der Waals surface area contributed by atoms with Crippen LogP contribution in [0.4, 0.5) is 5.69 Å². The van der Waals surface area contributed by atoms with E-state index in [-0.39, 0.29) is 5.91 Å². The molecule has 30 heavy (non-hydrogen) atoms. The standard InChI is InChI=1S/C22H21N5O2S/c1-14-10-11-23-22(24-14)30-13-20-26-18-12-16(6-9-19(18)27(20)2)25-21(28)15-4-7-17(29-3)8-5-15/h4-12H,13H2,1-3H3,(H,25,28). The summed E-state index contributed by atoms with van der Waals surface area (Å²) in [6.07, 6.45) is 1.76. The molecule has 4 aromatic rings. The Balaban J connectivity index is 1.50. The van der Waals surface area contributed by atoms with Gasteiger partial charge in [-0.3, -0.25) is 4.79 Å². The molecular weight excluding hydrogens is 398 g/mol. The molecule has 0 spiro atoms. The van der Waals surface area contributed by atoms with Crippen molar-refractivity contribution < 1.29 is 9.53 Å². The molecule has 0 bridgehead atoms. The number of fused-ring (bicyclic) bond motifs is 1. The molecular formula is C22H21N5O2S. The van der Waals surface area contributed by atoms with Gasteiger partial charge in [0.15, 0.2) is 5.16 Å². The Morgan fingerprint density at radius 1 is 1.13 bits per heavy atom. The zero-order valence-electron chi connectivity index (χ0n) is 16.9. The van der Waals surface area contributed by atoms with E-state index in [4.69, 9.17) is 9.72 Å². The van der Waals surface area contributed by atoms with Crippen molar-refractivity contribution in [3.63, 3.8) is 0 Å². The maximum atomic E-state index is 12.5. The first kappa shape index (κ1) is 19.9. The summed E-state index contributed by atoms with van der Waals surface area (Å²) in [6.45, 7) is 1.95. The third-order valence-electron chi connectivity index (χ3n) is 4.69. The molecule has 1 N–H and O–H groups in total. The Morgan fingerprint density at radius 2 is 1.93 bits per heavy atom. The minimum Gasteiger partial charge on any atom is -0.497 e. The molecule has 0 fully saturated rings. The molecule has 2 aromatic carbocycles. The van der Waals surface area contributed by atoms with E-state index < -0.39 is 0 Å². The van der Waals surface area contributed by atoms with Gasteiger partial charge in [-0.1, -0.05) is 11.8 Å². The second kappa shape index (κ2) is 8.54. The smallest absolute Gasteiger partial charge is 0.255 e. The van der Waals surface area contributed by atoms with Crippen LogP contribution in [-0.4, -0.2) is 32.5 Å². The molecule has 0 radical (unpaired) electrons. The lowest BCUT2D eigenvalue weighted by Crippen LogP contribution is -2.11. The van der Waals surface area contributed by atoms with Gasteiger partial charge in [-0.15, -0.1) is 0 Å². The molecule has 0 aliphatic carbocycles. The summed E-state index contributed by atoms with van der Waals surface area (Å²) in [7, 11) is 3.58. The summed E-state index contributed by atoms with van der Waals surface area (Å²) in [5.41, 5.74) is 4.02. The fourth-order valence-electron chi connectivity index (χ4n) is 3.03. The van der Waals surface area contributed by atoms with Crippen molar-refractivity contribution in [2.75, 3.05) is 12.4 Å². The first-order valence-electron chi connectivity index (χ1n) is 9.36. The molecule has 152 valence electrons. The number of amides is 1. The number of aryl methyl sites for hydroxylation is 2. The highest BCUT2D eigenvalue weighted by Crippen LogP contribution is 2.24. The highest BCUT2D eigenvalue weighted by molar-refractivity contribution is 7.98. The molecule has 2 aromatic heterocycles. The summed E-state index contributed by atoms with van der Waals surface area (Å²) in [6, 6.07) is 14.6. The molecule has 0 saturated carbocycles. The monoisotopic (exact) mass is 419 g/mol. The van der Waals surface area contributed by atoms with Crippen LogP contribution in [0.2, 0.25) is 0 Å². The molecule has 7 nitrogen and oxygen atoms in total. The van der Waals surface area contributed by atoms with Crippen LogP contribution in [0.1, 0.15) is 21.9 Å². The zero-order chi connectivity index (χ0) is 21.1. The van der Waals surface area contributed by atoms with E-state index in [2.05, 4.69) is 15.3 Å². The Morgan fingerprint density at radius 3 is 2.67 bits per heavy atom. The van der Waals surface area contributed by atoms with Crippen LogP contribution in [0.5, 0.6) is 5.75 Å². The minimum atomic E-state index is -0.180. The summed E-state index contributed by atoms with van der Waals surface area (Å²) < 4.78 is 7.18. The van der Waals surface area contributed by atoms with Crippen molar-refractivity contribution in [3.05, 3.63) is 71.8 Å². The average molecular weight is 420 g/mol. The van der Waals surface area contributed by atoms with Crippen LogP contribution in [0.3, 0.4) is 0 Å². The predicted molar refractivity (Wildman–Crippen MR) is 118 cm³/mol. The Labute approximate surface area is 178 Å². The van der Waals surface area contributed by atoms with E-state index in [0.29, 0.717) is 22.8 Å². The van der Waals surface area contributed by atoms with E-state index in [0.717, 1.165) is 27.7 Å². The van der Waals surface area contributed by atoms with Crippen LogP contribution in [0, 0.1) is 6.92 Å². The van der Waals surface area contributed by atoms with E-state index in [1.54, 1.807) is 49.3 Å². The molecule has 8 heteroatoms. The van der Waals surface area contributed by atoms with Crippen LogP contribution in [0.15, 0.2) is 59.9 Å². The number of ether oxygens (including phenoxy) is 1. The highest BCUT2D eigenvalue weighted by Gasteiger charge is 2.12. The van der Waals surface area contributed by atoms with Crippen molar-refractivity contribution in [2.45, 2.75) is 17.8 Å². The van der Waals surface area contributed by atoms with Gasteiger partial charge in [-0.2, -0.15) is 0 Å². The molecule has 0 aliphatic rings. The average Bonchev–Trinajstić information content (AvgIpc) is 3.07. The third kappa shape index (κ3) is 4.28. The number of benzene rings is 2. The summed E-state index contributed by atoms with van der Waals surface area (Å²) in [5.74, 6) is 2.10. The second-order valence-corrected chi connectivity index (χ2v) is 7.68. The Hall–Kier alpha value is -3.39. The first-order valence-corrected chi connectivity index (χ1v) is 10.4. The van der Waals surface area contributed by atoms with Crippen LogP contribution in [-0.2, 0) is 12.8 Å². The van der Waals surface area contributed by atoms with Crippen LogP contribution in [0.25, 0.3) is 11.0 Å². The van der Waals surface area contributed by atoms with E-state index >= 15 is 0 Å². The lowest BCUT2D eigenvalue weighted by atomic mass is 10.2. The van der Waals surface area contributed by atoms with Crippen molar-refractivity contribution in [3.8, 4) is 5.75 Å². The number of hydrogen-bond acceptors (Lipinski definition) is 6. The zero-order valence-corrected chi connectivity index (χ0v) is 17.7. The molecule has 0 saturated heterocycles. The maximum Gasteiger partial charge on any atom is 0.255 e. The van der Waals surface area contributed by atoms with Gasteiger partial charge in [-0.25, -0.2) is 15.0 Å². The van der Waals surface area contributed by atoms with Crippen molar-refractivity contribution in [2.24, 2.45) is 7.05 Å². The number of carbonyl (C=O) groups excluding carboxylic acids is 1. The molecule has 0 aliphatic heterocycles. The van der Waals surface area contributed by atoms with Gasteiger partial charge in [0.05, 0.1) is 23.9 Å². The largest absolute Gasteiger partial charge is 0.497 e. The number of hydrogen-bond donors (Lipinski definition) is 1. The lowest BCUT2D eigenvalue weighted by Gasteiger charge is -2.06. The molecule has 0 atom stereocenters. The van der Waals surface area contributed by atoms with Gasteiger partial charge < -0.3 is 14.6 Å². The van der Waals surface area contributed by atoms with E-state index in [9.17, 15) is 4.79 Å². The summed E-state index contributed by atoms with van der Waals surface area (Å²) in [4.78, 5) is 25.9. The predicted octanol–water partition coefficient (Wildman–Crippen LogP) is 4.22. The summed E-state index contributed by atoms with van der Waals surface area (Å²) in [5, 5.41) is 3.66. The van der Waals surface area contributed by atoms with Gasteiger partial charge in [0.1, 0.15) is 11.6 Å². The Bertz CT molecular complexity index is 1200. The van der Waals surface area contributed by atoms with Gasteiger partial charge in [0.25, 0.3) is 5.91 Å². The minimum absolute atomic E-state index is 0.180. The van der Waals surface area contributed by atoms with Crippen molar-refractivity contribution >= 4 is 34.4 Å². The van der Waals surface area contributed by atoms with Gasteiger partial charge in [0, 0.05) is 30.2 Å². The van der Waals surface area contributed by atoms with E-state index in [1.807, 2.05) is 42.8 Å². The number of rotatable bonds is 6.